The highest BCUT2D eigenvalue weighted by Crippen LogP contribution is 2.18. The molecule has 4 heteroatoms. The second-order valence-corrected chi connectivity index (χ2v) is 5.17. The summed E-state index contributed by atoms with van der Waals surface area (Å²) in [5.74, 6) is -0.835. The summed E-state index contributed by atoms with van der Waals surface area (Å²) in [4.78, 5) is 11.8. The van der Waals surface area contributed by atoms with Crippen LogP contribution in [0.5, 0.6) is 0 Å². The van der Waals surface area contributed by atoms with E-state index >= 15 is 0 Å². The molecule has 1 aliphatic rings. The summed E-state index contributed by atoms with van der Waals surface area (Å²) in [5, 5.41) is 3.30. The van der Waals surface area contributed by atoms with Crippen molar-refractivity contribution in [2.75, 3.05) is 13.1 Å². The Morgan fingerprint density at radius 3 is 2.68 bits per heavy atom. The first-order valence-corrected chi connectivity index (χ1v) is 6.82. The molecule has 2 rings (SSSR count). The zero-order valence-electron chi connectivity index (χ0n) is 10.9. The predicted octanol–water partition coefficient (Wildman–Crippen LogP) is 2.86. The van der Waals surface area contributed by atoms with Crippen LogP contribution < -0.4 is 5.32 Å². The van der Waals surface area contributed by atoms with Gasteiger partial charge in [0.05, 0.1) is 0 Å². The minimum Gasteiger partial charge on any atom is -0.316 e. The number of piperidine rings is 1. The smallest absolute Gasteiger partial charge is 0.137 e. The molecule has 1 saturated heterocycles. The zero-order chi connectivity index (χ0) is 13.7. The van der Waals surface area contributed by atoms with Crippen molar-refractivity contribution in [1.29, 1.82) is 0 Å². The lowest BCUT2D eigenvalue weighted by atomic mass is 9.92. The van der Waals surface area contributed by atoms with Crippen molar-refractivity contribution in [2.45, 2.75) is 32.1 Å². The van der Waals surface area contributed by atoms with E-state index in [0.717, 1.165) is 32.4 Å². The summed E-state index contributed by atoms with van der Waals surface area (Å²) in [6, 6.07) is 3.69. The monoisotopic (exact) mass is 267 g/mol. The van der Waals surface area contributed by atoms with Crippen molar-refractivity contribution in [2.24, 2.45) is 5.92 Å². The van der Waals surface area contributed by atoms with Crippen LogP contribution in [0, 0.1) is 17.6 Å². The largest absolute Gasteiger partial charge is 0.316 e. The van der Waals surface area contributed by atoms with Gasteiger partial charge in [0.25, 0.3) is 0 Å². The van der Waals surface area contributed by atoms with E-state index in [1.807, 2.05) is 0 Å². The van der Waals surface area contributed by atoms with Crippen LogP contribution in [0.25, 0.3) is 0 Å². The molecule has 1 heterocycles. The van der Waals surface area contributed by atoms with E-state index in [-0.39, 0.29) is 17.8 Å². The molecule has 1 aliphatic heterocycles. The van der Waals surface area contributed by atoms with Gasteiger partial charge in [-0.15, -0.1) is 0 Å². The van der Waals surface area contributed by atoms with Gasteiger partial charge in [-0.3, -0.25) is 4.79 Å². The fourth-order valence-electron chi connectivity index (χ4n) is 2.52. The molecule has 1 unspecified atom stereocenters. The fourth-order valence-corrected chi connectivity index (χ4v) is 2.52. The standard InChI is InChI=1S/C15H19F2NO/c16-14-4-1-5-15(17)13(14)9-12(19)7-6-11-3-2-8-18-10-11/h1,4-5,11,18H,2-3,6-10H2. The molecule has 1 fully saturated rings. The average Bonchev–Trinajstić information content (AvgIpc) is 2.42. The molecule has 0 radical (unpaired) electrons. The summed E-state index contributed by atoms with van der Waals surface area (Å²) in [5.41, 5.74) is -0.103. The quantitative estimate of drug-likeness (QED) is 0.888. The number of carbonyl (C=O) groups is 1. The van der Waals surface area contributed by atoms with E-state index in [2.05, 4.69) is 5.32 Å². The van der Waals surface area contributed by atoms with Crippen LogP contribution in [0.1, 0.15) is 31.2 Å². The zero-order valence-corrected chi connectivity index (χ0v) is 10.9. The first-order chi connectivity index (χ1) is 9.16. The second kappa shape index (κ2) is 6.75. The molecule has 0 aromatic heterocycles. The third kappa shape index (κ3) is 4.10. The first kappa shape index (κ1) is 14.1. The van der Waals surface area contributed by atoms with Gasteiger partial charge in [-0.25, -0.2) is 8.78 Å². The van der Waals surface area contributed by atoms with Gasteiger partial charge in [0.2, 0.25) is 0 Å². The van der Waals surface area contributed by atoms with Gasteiger partial charge in [-0.05, 0) is 50.4 Å². The number of hydrogen-bond donors (Lipinski definition) is 1. The Kier molecular flexibility index (Phi) is 5.02. The van der Waals surface area contributed by atoms with Crippen molar-refractivity contribution in [3.63, 3.8) is 0 Å². The summed E-state index contributed by atoms with van der Waals surface area (Å²) in [7, 11) is 0. The number of rotatable bonds is 5. The second-order valence-electron chi connectivity index (χ2n) is 5.17. The normalized spacial score (nSPS) is 19.4. The van der Waals surface area contributed by atoms with E-state index in [9.17, 15) is 13.6 Å². The Morgan fingerprint density at radius 1 is 1.32 bits per heavy atom. The van der Waals surface area contributed by atoms with Crippen LogP contribution in [0.2, 0.25) is 0 Å². The Bertz CT molecular complexity index is 422. The van der Waals surface area contributed by atoms with Gasteiger partial charge in [0.15, 0.2) is 0 Å². The molecular weight excluding hydrogens is 248 g/mol. The van der Waals surface area contributed by atoms with Gasteiger partial charge in [-0.2, -0.15) is 0 Å². The van der Waals surface area contributed by atoms with Crippen molar-refractivity contribution in [3.8, 4) is 0 Å². The number of benzene rings is 1. The Morgan fingerprint density at radius 2 is 2.05 bits per heavy atom. The maximum Gasteiger partial charge on any atom is 0.137 e. The van der Waals surface area contributed by atoms with E-state index in [1.165, 1.54) is 18.2 Å². The molecule has 0 aliphatic carbocycles. The van der Waals surface area contributed by atoms with Crippen LogP contribution in [-0.4, -0.2) is 18.9 Å². The first-order valence-electron chi connectivity index (χ1n) is 6.82. The molecule has 1 aromatic carbocycles. The third-order valence-corrected chi connectivity index (χ3v) is 3.67. The number of halogens is 2. The highest BCUT2D eigenvalue weighted by atomic mass is 19.1. The molecule has 2 nitrogen and oxygen atoms in total. The number of Topliss-reactive ketones (excluding diaryl/α,β-unsaturated/α-hetero) is 1. The van der Waals surface area contributed by atoms with Crippen LogP contribution in [0.3, 0.4) is 0 Å². The molecule has 104 valence electrons. The fraction of sp³-hybridized carbons (Fsp3) is 0.533. The number of nitrogens with one attached hydrogen (secondary N) is 1. The third-order valence-electron chi connectivity index (χ3n) is 3.67. The van der Waals surface area contributed by atoms with Gasteiger partial charge >= 0.3 is 0 Å². The van der Waals surface area contributed by atoms with Crippen LogP contribution in [0.4, 0.5) is 8.78 Å². The van der Waals surface area contributed by atoms with Crippen LogP contribution in [0.15, 0.2) is 18.2 Å². The van der Waals surface area contributed by atoms with E-state index in [0.29, 0.717) is 12.3 Å². The van der Waals surface area contributed by atoms with Gasteiger partial charge in [-0.1, -0.05) is 6.07 Å². The maximum atomic E-state index is 13.4. The molecule has 19 heavy (non-hydrogen) atoms. The molecule has 0 saturated carbocycles. The number of carbonyl (C=O) groups excluding carboxylic acids is 1. The number of hydrogen-bond acceptors (Lipinski definition) is 2. The lowest BCUT2D eigenvalue weighted by Crippen LogP contribution is -2.30. The van der Waals surface area contributed by atoms with Crippen molar-refractivity contribution >= 4 is 5.78 Å². The maximum absolute atomic E-state index is 13.4. The Hall–Kier alpha value is -1.29. The molecule has 1 N–H and O–H groups in total. The summed E-state index contributed by atoms with van der Waals surface area (Å²) < 4.78 is 26.8. The lowest BCUT2D eigenvalue weighted by Gasteiger charge is -2.22. The van der Waals surface area contributed by atoms with Crippen LogP contribution >= 0.6 is 0 Å². The van der Waals surface area contributed by atoms with Gasteiger partial charge in [0.1, 0.15) is 17.4 Å². The Balaban J connectivity index is 1.83. The summed E-state index contributed by atoms with van der Waals surface area (Å²) in [6.07, 6.45) is 3.34. The Labute approximate surface area is 112 Å². The minimum atomic E-state index is -0.632. The topological polar surface area (TPSA) is 29.1 Å². The van der Waals surface area contributed by atoms with E-state index in [1.54, 1.807) is 0 Å². The predicted molar refractivity (Wildman–Crippen MR) is 69.9 cm³/mol. The van der Waals surface area contributed by atoms with Crippen LogP contribution in [-0.2, 0) is 11.2 Å². The highest BCUT2D eigenvalue weighted by Gasteiger charge is 2.16. The van der Waals surface area contributed by atoms with Crippen molar-refractivity contribution in [3.05, 3.63) is 35.4 Å². The van der Waals surface area contributed by atoms with Crippen molar-refractivity contribution in [1.82, 2.24) is 5.32 Å². The minimum absolute atomic E-state index is 0.0884. The molecular formula is C15H19F2NO. The molecule has 1 atom stereocenters. The summed E-state index contributed by atoms with van der Waals surface area (Å²) >= 11 is 0. The molecule has 1 aromatic rings. The SMILES string of the molecule is O=C(CCC1CCCNC1)Cc1c(F)cccc1F. The van der Waals surface area contributed by atoms with Crippen molar-refractivity contribution < 1.29 is 13.6 Å². The van der Waals surface area contributed by atoms with E-state index in [4.69, 9.17) is 0 Å². The molecule has 0 amide bonds. The van der Waals surface area contributed by atoms with Gasteiger partial charge in [0, 0.05) is 18.4 Å². The molecule has 0 spiro atoms. The average molecular weight is 267 g/mol. The van der Waals surface area contributed by atoms with Gasteiger partial charge < -0.3 is 5.32 Å². The van der Waals surface area contributed by atoms with E-state index < -0.39 is 11.6 Å². The lowest BCUT2D eigenvalue weighted by molar-refractivity contribution is -0.118. The molecule has 0 bridgehead atoms. The highest BCUT2D eigenvalue weighted by molar-refractivity contribution is 5.80. The summed E-state index contributed by atoms with van der Waals surface area (Å²) in [6.45, 7) is 1.99. The number of ketones is 1.